The molecule has 0 saturated carbocycles. The summed E-state index contributed by atoms with van der Waals surface area (Å²) in [6, 6.07) is 13.6. The van der Waals surface area contributed by atoms with Crippen molar-refractivity contribution in [3.05, 3.63) is 65.6 Å². The lowest BCUT2D eigenvalue weighted by Gasteiger charge is -2.23. The Labute approximate surface area is 172 Å². The molecular weight excluding hydrogens is 388 g/mol. The number of nitrogens with zero attached hydrogens (tertiary/aromatic N) is 6. The summed E-state index contributed by atoms with van der Waals surface area (Å²) in [5.74, 6) is 2.32. The van der Waals surface area contributed by atoms with Gasteiger partial charge in [0.1, 0.15) is 5.69 Å². The molecule has 1 fully saturated rings. The molecule has 0 bridgehead atoms. The van der Waals surface area contributed by atoms with Crippen molar-refractivity contribution in [2.75, 3.05) is 11.4 Å². The smallest absolute Gasteiger partial charge is 0.227 e. The highest BCUT2D eigenvalue weighted by atomic mass is 35.5. The van der Waals surface area contributed by atoms with Gasteiger partial charge in [0.25, 0.3) is 0 Å². The van der Waals surface area contributed by atoms with E-state index in [0.29, 0.717) is 10.8 Å². The fraction of sp³-hybridized carbons (Fsp3) is 0.238. The maximum atomic E-state index is 6.11. The molecule has 3 aromatic heterocycles. The second-order valence-corrected chi connectivity index (χ2v) is 7.54. The van der Waals surface area contributed by atoms with Crippen LogP contribution in [0.5, 0.6) is 0 Å². The molecule has 0 spiro atoms. The number of benzene rings is 1. The Morgan fingerprint density at radius 3 is 2.83 bits per heavy atom. The predicted octanol–water partition coefficient (Wildman–Crippen LogP) is 4.53. The second-order valence-electron chi connectivity index (χ2n) is 7.10. The van der Waals surface area contributed by atoms with Gasteiger partial charge in [-0.1, -0.05) is 28.9 Å². The van der Waals surface area contributed by atoms with Crippen LogP contribution in [0.1, 0.15) is 24.6 Å². The van der Waals surface area contributed by atoms with Gasteiger partial charge in [-0.3, -0.25) is 9.55 Å². The van der Waals surface area contributed by atoms with Crippen LogP contribution >= 0.6 is 11.6 Å². The van der Waals surface area contributed by atoms with Crippen LogP contribution in [0, 0.1) is 0 Å². The third-order valence-corrected chi connectivity index (χ3v) is 5.50. The molecule has 4 aromatic rings. The first-order valence-electron chi connectivity index (χ1n) is 9.50. The number of rotatable bonds is 4. The number of halogens is 1. The SMILES string of the molecule is Cn1c(-c2cccnc2)nnc1N1CCCC1c1cc(-c2cccc(Cl)c2)on1. The standard InChI is InChI=1S/C21H19ClN6O/c1-27-20(15-6-3-9-23-13-15)24-25-21(27)28-10-4-8-18(28)17-12-19(29-26-17)14-5-2-7-16(22)11-14/h2-3,5-7,9,11-13,18H,4,8,10H2,1H3. The number of hydrogen-bond acceptors (Lipinski definition) is 6. The fourth-order valence-electron chi connectivity index (χ4n) is 3.85. The van der Waals surface area contributed by atoms with E-state index in [1.807, 2.05) is 54.1 Å². The van der Waals surface area contributed by atoms with Gasteiger partial charge in [-0.2, -0.15) is 0 Å². The lowest BCUT2D eigenvalue weighted by molar-refractivity contribution is 0.416. The third-order valence-electron chi connectivity index (χ3n) is 5.26. The van der Waals surface area contributed by atoms with Crippen molar-refractivity contribution in [2.24, 2.45) is 7.05 Å². The Morgan fingerprint density at radius 2 is 2.00 bits per heavy atom. The average molecular weight is 407 g/mol. The van der Waals surface area contributed by atoms with Crippen LogP contribution in [0.25, 0.3) is 22.7 Å². The molecule has 1 atom stereocenters. The van der Waals surface area contributed by atoms with Crippen molar-refractivity contribution in [1.29, 1.82) is 0 Å². The zero-order valence-electron chi connectivity index (χ0n) is 15.9. The summed E-state index contributed by atoms with van der Waals surface area (Å²) in [6.45, 7) is 0.892. The first-order chi connectivity index (χ1) is 14.2. The van der Waals surface area contributed by atoms with Crippen molar-refractivity contribution < 1.29 is 4.52 Å². The molecule has 1 aliphatic rings. The molecule has 5 rings (SSSR count). The van der Waals surface area contributed by atoms with Gasteiger partial charge >= 0.3 is 0 Å². The summed E-state index contributed by atoms with van der Waals surface area (Å²) < 4.78 is 7.63. The van der Waals surface area contributed by atoms with Gasteiger partial charge < -0.3 is 9.42 Å². The summed E-state index contributed by atoms with van der Waals surface area (Å²) in [5.41, 5.74) is 2.75. The molecular formula is C21H19ClN6O. The van der Waals surface area contributed by atoms with E-state index in [9.17, 15) is 0 Å². The van der Waals surface area contributed by atoms with Crippen LogP contribution < -0.4 is 4.90 Å². The number of hydrogen-bond donors (Lipinski definition) is 0. The first-order valence-corrected chi connectivity index (χ1v) is 9.87. The first kappa shape index (κ1) is 17.9. The van der Waals surface area contributed by atoms with E-state index in [-0.39, 0.29) is 6.04 Å². The lowest BCUT2D eigenvalue weighted by Crippen LogP contribution is -2.25. The van der Waals surface area contributed by atoms with Crippen LogP contribution in [0.3, 0.4) is 0 Å². The van der Waals surface area contributed by atoms with Crippen LogP contribution in [0.15, 0.2) is 59.4 Å². The molecule has 8 heteroatoms. The minimum Gasteiger partial charge on any atom is -0.356 e. The molecule has 7 nitrogen and oxygen atoms in total. The summed E-state index contributed by atoms with van der Waals surface area (Å²) in [6.07, 6.45) is 5.58. The molecule has 0 radical (unpaired) electrons. The Kier molecular flexibility index (Phi) is 4.52. The highest BCUT2D eigenvalue weighted by Gasteiger charge is 2.32. The second kappa shape index (κ2) is 7.33. The molecule has 146 valence electrons. The fourth-order valence-corrected chi connectivity index (χ4v) is 4.05. The van der Waals surface area contributed by atoms with Crippen molar-refractivity contribution in [3.8, 4) is 22.7 Å². The lowest BCUT2D eigenvalue weighted by atomic mass is 10.1. The summed E-state index contributed by atoms with van der Waals surface area (Å²) in [5, 5.41) is 13.9. The summed E-state index contributed by atoms with van der Waals surface area (Å²) in [7, 11) is 1.98. The van der Waals surface area contributed by atoms with Gasteiger partial charge in [0, 0.05) is 48.2 Å². The van der Waals surface area contributed by atoms with Crippen LogP contribution in [-0.4, -0.2) is 31.4 Å². The normalized spacial score (nSPS) is 16.5. The van der Waals surface area contributed by atoms with Gasteiger partial charge in [0.15, 0.2) is 11.6 Å². The number of pyridine rings is 1. The van der Waals surface area contributed by atoms with Gasteiger partial charge in [-0.05, 0) is 37.1 Å². The van der Waals surface area contributed by atoms with E-state index < -0.39 is 0 Å². The molecule has 4 heterocycles. The van der Waals surface area contributed by atoms with Gasteiger partial charge in [-0.15, -0.1) is 10.2 Å². The van der Waals surface area contributed by atoms with E-state index in [0.717, 1.165) is 48.0 Å². The number of aromatic nitrogens is 5. The zero-order chi connectivity index (χ0) is 19.8. The van der Waals surface area contributed by atoms with E-state index in [1.165, 1.54) is 0 Å². The molecule has 29 heavy (non-hydrogen) atoms. The maximum absolute atomic E-state index is 6.11. The third kappa shape index (κ3) is 3.27. The van der Waals surface area contributed by atoms with E-state index >= 15 is 0 Å². The molecule has 1 unspecified atom stereocenters. The van der Waals surface area contributed by atoms with Gasteiger partial charge in [0.2, 0.25) is 5.95 Å². The van der Waals surface area contributed by atoms with Crippen LogP contribution in [-0.2, 0) is 7.05 Å². The van der Waals surface area contributed by atoms with Crippen molar-refractivity contribution in [1.82, 2.24) is 24.9 Å². The monoisotopic (exact) mass is 406 g/mol. The highest BCUT2D eigenvalue weighted by molar-refractivity contribution is 6.30. The molecule has 1 saturated heterocycles. The van der Waals surface area contributed by atoms with E-state index in [2.05, 4.69) is 25.2 Å². The van der Waals surface area contributed by atoms with E-state index in [1.54, 1.807) is 12.4 Å². The molecule has 1 aliphatic heterocycles. The minimum absolute atomic E-state index is 0.0938. The molecule has 0 aliphatic carbocycles. The molecule has 1 aromatic carbocycles. The Bertz CT molecular complexity index is 1140. The van der Waals surface area contributed by atoms with Crippen LogP contribution in [0.2, 0.25) is 5.02 Å². The van der Waals surface area contributed by atoms with Crippen LogP contribution in [0.4, 0.5) is 5.95 Å². The maximum Gasteiger partial charge on any atom is 0.227 e. The van der Waals surface area contributed by atoms with Gasteiger partial charge in [0.05, 0.1) is 6.04 Å². The molecule has 0 N–H and O–H groups in total. The Balaban J connectivity index is 1.45. The topological polar surface area (TPSA) is 72.9 Å². The Morgan fingerprint density at radius 1 is 1.10 bits per heavy atom. The van der Waals surface area contributed by atoms with Crippen molar-refractivity contribution in [2.45, 2.75) is 18.9 Å². The predicted molar refractivity (Wildman–Crippen MR) is 111 cm³/mol. The van der Waals surface area contributed by atoms with Crippen molar-refractivity contribution in [3.63, 3.8) is 0 Å². The Hall–Kier alpha value is -3.19. The van der Waals surface area contributed by atoms with Crippen molar-refractivity contribution >= 4 is 17.5 Å². The van der Waals surface area contributed by atoms with Gasteiger partial charge in [-0.25, -0.2) is 0 Å². The number of anilines is 1. The molecule has 0 amide bonds. The average Bonchev–Trinajstić information content (AvgIpc) is 3.47. The summed E-state index contributed by atoms with van der Waals surface area (Å²) in [4.78, 5) is 6.43. The minimum atomic E-state index is 0.0938. The van der Waals surface area contributed by atoms with E-state index in [4.69, 9.17) is 16.1 Å². The quantitative estimate of drug-likeness (QED) is 0.496. The highest BCUT2D eigenvalue weighted by Crippen LogP contribution is 2.37. The summed E-state index contributed by atoms with van der Waals surface area (Å²) >= 11 is 6.11. The largest absolute Gasteiger partial charge is 0.356 e. The zero-order valence-corrected chi connectivity index (χ0v) is 16.6.